The fraction of sp³-hybridized carbons (Fsp3) is 0.500. The number of H-pyrrole nitrogens is 1. The number of anilines is 1. The Morgan fingerprint density at radius 3 is 2.85 bits per heavy atom. The number of aromatic amines is 1. The van der Waals surface area contributed by atoms with Crippen molar-refractivity contribution in [2.75, 3.05) is 12.3 Å². The van der Waals surface area contributed by atoms with Gasteiger partial charge in [0.1, 0.15) is 18.3 Å². The van der Waals surface area contributed by atoms with Crippen LogP contribution < -0.4 is 11.3 Å². The number of nitrogen functional groups attached to an aromatic ring is 1. The minimum atomic E-state index is -1.29. The Bertz CT molecular complexity index is 697. The molecule has 0 aliphatic carbocycles. The number of aliphatic hydroxyl groups is 3. The third-order valence-electron chi connectivity index (χ3n) is 3.24. The number of fused-ring (bicyclic) bond motifs is 1. The maximum absolute atomic E-state index is 11.7. The highest BCUT2D eigenvalue weighted by Crippen LogP contribution is 2.30. The van der Waals surface area contributed by atoms with Crippen LogP contribution in [0.15, 0.2) is 11.1 Å². The van der Waals surface area contributed by atoms with E-state index in [2.05, 4.69) is 15.0 Å². The summed E-state index contributed by atoms with van der Waals surface area (Å²) >= 11 is 0. The van der Waals surface area contributed by atoms with Crippen molar-refractivity contribution in [2.24, 2.45) is 0 Å². The molecule has 2 aromatic heterocycles. The third kappa shape index (κ3) is 1.78. The van der Waals surface area contributed by atoms with E-state index < -0.39 is 36.7 Å². The SMILES string of the molecule is Nc1nc2c(ncn2[C@@H]2O[C@@H](CO)[C@@H](O)[C@@H]2O)c(=O)[nH]1. The molecule has 10 heteroatoms. The second-order valence-corrected chi connectivity index (χ2v) is 4.50. The van der Waals surface area contributed by atoms with Gasteiger partial charge in [0.15, 0.2) is 17.4 Å². The van der Waals surface area contributed by atoms with Crippen LogP contribution in [0.1, 0.15) is 6.23 Å². The Morgan fingerprint density at radius 2 is 2.20 bits per heavy atom. The van der Waals surface area contributed by atoms with Crippen molar-refractivity contribution in [3.63, 3.8) is 0 Å². The summed E-state index contributed by atoms with van der Waals surface area (Å²) in [6.07, 6.45) is -3.21. The van der Waals surface area contributed by atoms with Gasteiger partial charge in [-0.05, 0) is 0 Å². The standard InChI is InChI=1S/C10H13N5O5/c11-10-13-7-4(8(19)14-10)12-2-15(7)9-6(18)5(17)3(1-16)20-9/h2-3,5-6,9,16-18H,1H2,(H3,11,13,14,19)/t3-,5+,6-,9+/m0/s1. The first-order valence-electron chi connectivity index (χ1n) is 5.87. The van der Waals surface area contributed by atoms with E-state index in [4.69, 9.17) is 15.6 Å². The van der Waals surface area contributed by atoms with Crippen LogP contribution in [0.4, 0.5) is 5.95 Å². The van der Waals surface area contributed by atoms with Crippen LogP contribution in [0.2, 0.25) is 0 Å². The van der Waals surface area contributed by atoms with Gasteiger partial charge >= 0.3 is 0 Å². The third-order valence-corrected chi connectivity index (χ3v) is 3.24. The quantitative estimate of drug-likeness (QED) is 0.398. The Morgan fingerprint density at radius 1 is 1.45 bits per heavy atom. The van der Waals surface area contributed by atoms with Crippen LogP contribution >= 0.6 is 0 Å². The van der Waals surface area contributed by atoms with Gasteiger partial charge in [-0.15, -0.1) is 0 Å². The first-order valence-corrected chi connectivity index (χ1v) is 5.87. The van der Waals surface area contributed by atoms with E-state index in [1.54, 1.807) is 0 Å². The zero-order chi connectivity index (χ0) is 14.4. The van der Waals surface area contributed by atoms with Crippen molar-refractivity contribution in [3.8, 4) is 0 Å². The number of hydrogen-bond acceptors (Lipinski definition) is 8. The van der Waals surface area contributed by atoms with Crippen LogP contribution in [-0.4, -0.2) is 59.8 Å². The van der Waals surface area contributed by atoms with E-state index in [1.807, 2.05) is 0 Å². The number of rotatable bonds is 2. The van der Waals surface area contributed by atoms with Crippen molar-refractivity contribution in [2.45, 2.75) is 24.5 Å². The second-order valence-electron chi connectivity index (χ2n) is 4.50. The number of aromatic nitrogens is 4. The molecule has 108 valence electrons. The largest absolute Gasteiger partial charge is 0.394 e. The first-order chi connectivity index (χ1) is 9.52. The fourth-order valence-electron chi connectivity index (χ4n) is 2.24. The number of aliphatic hydroxyl groups excluding tert-OH is 3. The highest BCUT2D eigenvalue weighted by Gasteiger charge is 2.44. The van der Waals surface area contributed by atoms with Gasteiger partial charge in [-0.2, -0.15) is 4.98 Å². The molecule has 20 heavy (non-hydrogen) atoms. The van der Waals surface area contributed by atoms with Crippen molar-refractivity contribution in [3.05, 3.63) is 16.7 Å². The van der Waals surface area contributed by atoms with Crippen LogP contribution in [0, 0.1) is 0 Å². The van der Waals surface area contributed by atoms with Gasteiger partial charge in [0.25, 0.3) is 5.56 Å². The molecule has 3 heterocycles. The highest BCUT2D eigenvalue weighted by atomic mass is 16.6. The molecule has 0 aromatic carbocycles. The number of imidazole rings is 1. The summed E-state index contributed by atoms with van der Waals surface area (Å²) < 4.78 is 6.64. The lowest BCUT2D eigenvalue weighted by atomic mass is 10.1. The normalized spacial score (nSPS) is 30.1. The van der Waals surface area contributed by atoms with E-state index in [0.29, 0.717) is 0 Å². The molecule has 0 saturated carbocycles. The topological polar surface area (TPSA) is 160 Å². The zero-order valence-electron chi connectivity index (χ0n) is 10.2. The lowest BCUT2D eigenvalue weighted by Gasteiger charge is -2.16. The maximum atomic E-state index is 11.7. The zero-order valence-corrected chi connectivity index (χ0v) is 10.2. The number of hydrogen-bond donors (Lipinski definition) is 5. The summed E-state index contributed by atoms with van der Waals surface area (Å²) in [7, 11) is 0. The van der Waals surface area contributed by atoms with Crippen LogP contribution in [0.5, 0.6) is 0 Å². The summed E-state index contributed by atoms with van der Waals surface area (Å²) in [5, 5.41) is 28.7. The van der Waals surface area contributed by atoms with Crippen LogP contribution in [0.25, 0.3) is 11.2 Å². The molecule has 0 bridgehead atoms. The molecule has 4 atom stereocenters. The average Bonchev–Trinajstić information content (AvgIpc) is 2.93. The molecular weight excluding hydrogens is 270 g/mol. The van der Waals surface area contributed by atoms with Gasteiger partial charge in [0, 0.05) is 0 Å². The predicted octanol–water partition coefficient (Wildman–Crippen LogP) is -2.69. The van der Waals surface area contributed by atoms with E-state index >= 15 is 0 Å². The molecule has 1 fully saturated rings. The molecule has 3 rings (SSSR count). The molecule has 6 N–H and O–H groups in total. The summed E-state index contributed by atoms with van der Waals surface area (Å²) in [6.45, 7) is -0.447. The summed E-state index contributed by atoms with van der Waals surface area (Å²) in [5.41, 5.74) is 5.12. The maximum Gasteiger partial charge on any atom is 0.280 e. The average molecular weight is 283 g/mol. The molecule has 0 spiro atoms. The van der Waals surface area contributed by atoms with Crippen molar-refractivity contribution in [1.29, 1.82) is 0 Å². The number of nitrogens with two attached hydrogens (primary N) is 1. The summed E-state index contributed by atoms with van der Waals surface area (Å²) in [4.78, 5) is 21.8. The monoisotopic (exact) mass is 283 g/mol. The minimum absolute atomic E-state index is 0.0388. The predicted molar refractivity (Wildman–Crippen MR) is 65.6 cm³/mol. The summed E-state index contributed by atoms with van der Waals surface area (Å²) in [5.74, 6) is -0.101. The van der Waals surface area contributed by atoms with Gasteiger partial charge in [0.05, 0.1) is 12.9 Å². The molecule has 10 nitrogen and oxygen atoms in total. The van der Waals surface area contributed by atoms with Gasteiger partial charge in [-0.25, -0.2) is 4.98 Å². The first kappa shape index (κ1) is 13.0. The molecule has 0 unspecified atom stereocenters. The Kier molecular flexibility index (Phi) is 2.94. The minimum Gasteiger partial charge on any atom is -0.394 e. The fourth-order valence-corrected chi connectivity index (χ4v) is 2.24. The molecule has 1 saturated heterocycles. The van der Waals surface area contributed by atoms with Crippen LogP contribution in [0.3, 0.4) is 0 Å². The van der Waals surface area contributed by atoms with Gasteiger partial charge in [-0.1, -0.05) is 0 Å². The number of ether oxygens (including phenoxy) is 1. The molecular formula is C10H13N5O5. The Labute approximate surface area is 111 Å². The van der Waals surface area contributed by atoms with E-state index in [9.17, 15) is 15.0 Å². The smallest absolute Gasteiger partial charge is 0.280 e. The van der Waals surface area contributed by atoms with E-state index in [-0.39, 0.29) is 17.1 Å². The van der Waals surface area contributed by atoms with Crippen molar-refractivity contribution in [1.82, 2.24) is 19.5 Å². The lowest BCUT2D eigenvalue weighted by molar-refractivity contribution is -0.0511. The van der Waals surface area contributed by atoms with Gasteiger partial charge in [0.2, 0.25) is 5.95 Å². The van der Waals surface area contributed by atoms with Crippen LogP contribution in [-0.2, 0) is 4.74 Å². The molecule has 1 aliphatic rings. The Balaban J connectivity index is 2.09. The second kappa shape index (κ2) is 4.52. The molecule has 0 amide bonds. The molecule has 1 aliphatic heterocycles. The molecule has 0 radical (unpaired) electrons. The lowest BCUT2D eigenvalue weighted by Crippen LogP contribution is -2.33. The van der Waals surface area contributed by atoms with Gasteiger partial charge in [-0.3, -0.25) is 14.3 Å². The highest BCUT2D eigenvalue weighted by molar-refractivity contribution is 5.70. The van der Waals surface area contributed by atoms with E-state index in [1.165, 1.54) is 10.9 Å². The Hall–Kier alpha value is -2.01. The molecule has 2 aromatic rings. The van der Waals surface area contributed by atoms with Crippen molar-refractivity contribution < 1.29 is 20.1 Å². The number of nitrogens with zero attached hydrogens (tertiary/aromatic N) is 3. The van der Waals surface area contributed by atoms with Crippen molar-refractivity contribution >= 4 is 17.1 Å². The number of nitrogens with one attached hydrogen (secondary N) is 1. The van der Waals surface area contributed by atoms with Gasteiger partial charge < -0.3 is 25.8 Å². The summed E-state index contributed by atoms with van der Waals surface area (Å²) in [6, 6.07) is 0. The van der Waals surface area contributed by atoms with E-state index in [0.717, 1.165) is 0 Å².